The molecule has 0 aliphatic heterocycles. The minimum Gasteiger partial charge on any atom is -0.481 e. The molecule has 102 valence electrons. The number of allylic oxidation sites excluding steroid dienone is 2. The Morgan fingerprint density at radius 3 is 2.56 bits per heavy atom. The highest BCUT2D eigenvalue weighted by atomic mass is 16.4. The summed E-state index contributed by atoms with van der Waals surface area (Å²) in [4.78, 5) is 23.1. The van der Waals surface area contributed by atoms with Gasteiger partial charge in [0.05, 0.1) is 6.42 Å². The molecule has 0 heterocycles. The summed E-state index contributed by atoms with van der Waals surface area (Å²) in [6, 6.07) is 0. The number of amides is 1. The zero-order chi connectivity index (χ0) is 13.8. The van der Waals surface area contributed by atoms with Crippen LogP contribution in [0.1, 0.15) is 46.5 Å². The third-order valence-electron chi connectivity index (χ3n) is 3.84. The van der Waals surface area contributed by atoms with Crippen LogP contribution in [0.25, 0.3) is 0 Å². The Balaban J connectivity index is 2.68. The van der Waals surface area contributed by atoms with Gasteiger partial charge in [-0.3, -0.25) is 9.59 Å². The molecule has 18 heavy (non-hydrogen) atoms. The number of nitrogens with one attached hydrogen (secondary N) is 1. The molecule has 1 amide bonds. The summed E-state index contributed by atoms with van der Waals surface area (Å²) >= 11 is 0. The number of hydrogen-bond acceptors (Lipinski definition) is 2. The summed E-state index contributed by atoms with van der Waals surface area (Å²) in [6.45, 7) is 5.68. The Bertz CT molecular complexity index is 349. The molecule has 0 bridgehead atoms. The molecular weight excluding hydrogens is 230 g/mol. The van der Waals surface area contributed by atoms with E-state index in [9.17, 15) is 9.59 Å². The summed E-state index contributed by atoms with van der Waals surface area (Å²) in [7, 11) is 0. The van der Waals surface area contributed by atoms with E-state index in [1.165, 1.54) is 0 Å². The molecule has 1 rings (SSSR count). The first-order chi connectivity index (χ1) is 8.35. The molecule has 2 unspecified atom stereocenters. The average molecular weight is 253 g/mol. The summed E-state index contributed by atoms with van der Waals surface area (Å²) in [5.74, 6) is -0.828. The maximum Gasteiger partial charge on any atom is 0.305 e. The normalized spacial score (nSPS) is 22.6. The van der Waals surface area contributed by atoms with E-state index in [2.05, 4.69) is 11.4 Å². The molecule has 0 fully saturated rings. The van der Waals surface area contributed by atoms with E-state index in [4.69, 9.17) is 5.11 Å². The standard InChI is InChI=1S/C14H23NO3/c1-10(2)14(3,9-12(16)17)15-13(18)11-7-5-4-6-8-11/h4-5,10-11H,6-9H2,1-3H3,(H,15,18)(H,16,17). The Morgan fingerprint density at radius 2 is 2.11 bits per heavy atom. The summed E-state index contributed by atoms with van der Waals surface area (Å²) < 4.78 is 0. The number of aliphatic carboxylic acids is 1. The third-order valence-corrected chi connectivity index (χ3v) is 3.84. The fourth-order valence-corrected chi connectivity index (χ4v) is 2.12. The van der Waals surface area contributed by atoms with Gasteiger partial charge in [-0.05, 0) is 32.1 Å². The molecule has 0 saturated heterocycles. The maximum atomic E-state index is 12.2. The van der Waals surface area contributed by atoms with Gasteiger partial charge in [-0.25, -0.2) is 0 Å². The van der Waals surface area contributed by atoms with Gasteiger partial charge in [0, 0.05) is 11.5 Å². The molecule has 4 heteroatoms. The van der Waals surface area contributed by atoms with E-state index in [0.29, 0.717) is 0 Å². The summed E-state index contributed by atoms with van der Waals surface area (Å²) in [6.07, 6.45) is 6.60. The van der Waals surface area contributed by atoms with Crippen LogP contribution in [0.3, 0.4) is 0 Å². The van der Waals surface area contributed by atoms with Crippen molar-refractivity contribution in [3.63, 3.8) is 0 Å². The van der Waals surface area contributed by atoms with Gasteiger partial charge in [0.2, 0.25) is 5.91 Å². The van der Waals surface area contributed by atoms with Crippen molar-refractivity contribution in [2.24, 2.45) is 11.8 Å². The Kier molecular flexibility index (Phi) is 4.93. The topological polar surface area (TPSA) is 66.4 Å². The Morgan fingerprint density at radius 1 is 1.44 bits per heavy atom. The second kappa shape index (κ2) is 6.03. The number of rotatable bonds is 5. The van der Waals surface area contributed by atoms with Crippen LogP contribution in [0.4, 0.5) is 0 Å². The minimum absolute atomic E-state index is 0.0122. The average Bonchev–Trinajstić information content (AvgIpc) is 2.28. The van der Waals surface area contributed by atoms with Gasteiger partial charge in [-0.2, -0.15) is 0 Å². The molecule has 0 aromatic rings. The highest BCUT2D eigenvalue weighted by molar-refractivity contribution is 5.80. The number of hydrogen-bond donors (Lipinski definition) is 2. The van der Waals surface area contributed by atoms with Crippen molar-refractivity contribution in [1.29, 1.82) is 0 Å². The number of carbonyl (C=O) groups is 2. The molecule has 2 N–H and O–H groups in total. The molecule has 2 atom stereocenters. The van der Waals surface area contributed by atoms with Crippen molar-refractivity contribution in [1.82, 2.24) is 5.32 Å². The maximum absolute atomic E-state index is 12.2. The number of carbonyl (C=O) groups excluding carboxylic acids is 1. The molecule has 0 saturated carbocycles. The predicted octanol–water partition coefficient (Wildman–Crippen LogP) is 2.35. The third kappa shape index (κ3) is 3.86. The monoisotopic (exact) mass is 253 g/mol. The van der Waals surface area contributed by atoms with Crippen molar-refractivity contribution >= 4 is 11.9 Å². The van der Waals surface area contributed by atoms with Crippen LogP contribution in [-0.2, 0) is 9.59 Å². The van der Waals surface area contributed by atoms with Gasteiger partial charge in [0.15, 0.2) is 0 Å². The van der Waals surface area contributed by atoms with Crippen molar-refractivity contribution < 1.29 is 14.7 Å². The first kappa shape index (κ1) is 14.7. The van der Waals surface area contributed by atoms with E-state index in [1.54, 1.807) is 0 Å². The lowest BCUT2D eigenvalue weighted by molar-refractivity contribution is -0.140. The second-order valence-corrected chi connectivity index (χ2v) is 5.61. The Hall–Kier alpha value is -1.32. The largest absolute Gasteiger partial charge is 0.481 e. The smallest absolute Gasteiger partial charge is 0.305 e. The van der Waals surface area contributed by atoms with Crippen molar-refractivity contribution in [2.75, 3.05) is 0 Å². The first-order valence-corrected chi connectivity index (χ1v) is 6.54. The van der Waals surface area contributed by atoms with Crippen LogP contribution in [-0.4, -0.2) is 22.5 Å². The summed E-state index contributed by atoms with van der Waals surface area (Å²) in [5.41, 5.74) is -0.677. The second-order valence-electron chi connectivity index (χ2n) is 5.61. The molecule has 1 aliphatic carbocycles. The fraction of sp³-hybridized carbons (Fsp3) is 0.714. The quantitative estimate of drug-likeness (QED) is 0.739. The SMILES string of the molecule is CC(C)C(C)(CC(=O)O)NC(=O)C1CC=CCC1. The van der Waals surface area contributed by atoms with E-state index < -0.39 is 11.5 Å². The zero-order valence-corrected chi connectivity index (χ0v) is 11.4. The van der Waals surface area contributed by atoms with Crippen LogP contribution >= 0.6 is 0 Å². The highest BCUT2D eigenvalue weighted by Gasteiger charge is 2.34. The van der Waals surface area contributed by atoms with Gasteiger partial charge >= 0.3 is 5.97 Å². The van der Waals surface area contributed by atoms with E-state index in [1.807, 2.05) is 26.8 Å². The molecule has 0 aromatic heterocycles. The molecule has 0 spiro atoms. The van der Waals surface area contributed by atoms with E-state index >= 15 is 0 Å². The molecule has 0 radical (unpaired) electrons. The zero-order valence-electron chi connectivity index (χ0n) is 11.4. The Labute approximate surface area is 108 Å². The lowest BCUT2D eigenvalue weighted by Crippen LogP contribution is -2.53. The molecule has 4 nitrogen and oxygen atoms in total. The van der Waals surface area contributed by atoms with E-state index in [-0.39, 0.29) is 24.2 Å². The number of carboxylic acids is 1. The van der Waals surface area contributed by atoms with E-state index in [0.717, 1.165) is 19.3 Å². The van der Waals surface area contributed by atoms with Gasteiger partial charge in [0.25, 0.3) is 0 Å². The summed E-state index contributed by atoms with van der Waals surface area (Å²) in [5, 5.41) is 11.9. The fourth-order valence-electron chi connectivity index (χ4n) is 2.12. The van der Waals surface area contributed by atoms with Crippen molar-refractivity contribution in [3.8, 4) is 0 Å². The van der Waals surface area contributed by atoms with Crippen molar-refractivity contribution in [2.45, 2.75) is 52.0 Å². The van der Waals surface area contributed by atoms with Gasteiger partial charge < -0.3 is 10.4 Å². The molecule has 0 aromatic carbocycles. The van der Waals surface area contributed by atoms with Crippen LogP contribution in [0.5, 0.6) is 0 Å². The first-order valence-electron chi connectivity index (χ1n) is 6.54. The van der Waals surface area contributed by atoms with Gasteiger partial charge in [-0.15, -0.1) is 0 Å². The predicted molar refractivity (Wildman–Crippen MR) is 70.1 cm³/mol. The van der Waals surface area contributed by atoms with Crippen LogP contribution in [0.2, 0.25) is 0 Å². The lowest BCUT2D eigenvalue weighted by atomic mass is 9.83. The highest BCUT2D eigenvalue weighted by Crippen LogP contribution is 2.24. The molecule has 1 aliphatic rings. The lowest BCUT2D eigenvalue weighted by Gasteiger charge is -2.35. The van der Waals surface area contributed by atoms with Crippen LogP contribution < -0.4 is 5.32 Å². The van der Waals surface area contributed by atoms with Gasteiger partial charge in [-0.1, -0.05) is 26.0 Å². The van der Waals surface area contributed by atoms with Gasteiger partial charge in [0.1, 0.15) is 0 Å². The van der Waals surface area contributed by atoms with Crippen molar-refractivity contribution in [3.05, 3.63) is 12.2 Å². The van der Waals surface area contributed by atoms with Crippen LogP contribution in [0.15, 0.2) is 12.2 Å². The number of carboxylic acid groups (broad SMARTS) is 1. The minimum atomic E-state index is -0.880. The molecular formula is C14H23NO3. The van der Waals surface area contributed by atoms with Crippen LogP contribution in [0, 0.1) is 11.8 Å².